The Morgan fingerprint density at radius 2 is 2.07 bits per heavy atom. The van der Waals surface area contributed by atoms with Crippen molar-refractivity contribution in [3.05, 3.63) is 59.9 Å². The summed E-state index contributed by atoms with van der Waals surface area (Å²) in [5, 5.41) is 11.9. The molecule has 1 aliphatic rings. The van der Waals surface area contributed by atoms with Crippen LogP contribution < -0.4 is 11.1 Å². The van der Waals surface area contributed by atoms with Crippen molar-refractivity contribution in [2.24, 2.45) is 5.73 Å². The molecule has 4 N–H and O–H groups in total. The molecule has 0 radical (unpaired) electrons. The highest BCUT2D eigenvalue weighted by atomic mass is 19.1. The van der Waals surface area contributed by atoms with Gasteiger partial charge in [-0.15, -0.1) is 0 Å². The van der Waals surface area contributed by atoms with Crippen LogP contribution in [0.2, 0.25) is 0 Å². The van der Waals surface area contributed by atoms with Crippen molar-refractivity contribution in [2.75, 3.05) is 11.9 Å². The number of aliphatic hydroxyl groups excluding tert-OH is 1. The molecule has 1 aromatic heterocycles. The van der Waals surface area contributed by atoms with Crippen LogP contribution in [0.1, 0.15) is 36.5 Å². The third-order valence-corrected chi connectivity index (χ3v) is 4.47. The minimum absolute atomic E-state index is 0.0978. The molecule has 0 spiro atoms. The molecular weight excluding hydrogens is 379 g/mol. The average Bonchev–Trinajstić information content (AvgIpc) is 2.71. The molecule has 1 fully saturated rings. The number of pyridine rings is 1. The van der Waals surface area contributed by atoms with E-state index in [2.05, 4.69) is 16.9 Å². The van der Waals surface area contributed by atoms with Gasteiger partial charge in [-0.05, 0) is 43.9 Å². The summed E-state index contributed by atoms with van der Waals surface area (Å²) in [6.07, 6.45) is 7.27. The molecule has 0 unspecified atom stereocenters. The zero-order valence-electron chi connectivity index (χ0n) is 16.0. The highest BCUT2D eigenvalue weighted by molar-refractivity contribution is 6.39. The molecule has 8 nitrogen and oxygen atoms in total. The number of rotatable bonds is 5. The zero-order chi connectivity index (χ0) is 21.6. The molecule has 154 valence electrons. The Morgan fingerprint density at radius 1 is 1.34 bits per heavy atom. The van der Waals surface area contributed by atoms with Gasteiger partial charge in [-0.25, -0.2) is 4.39 Å². The van der Waals surface area contributed by atoms with Crippen LogP contribution in [-0.2, 0) is 9.59 Å². The van der Waals surface area contributed by atoms with Crippen molar-refractivity contribution < 1.29 is 23.9 Å². The fourth-order valence-electron chi connectivity index (χ4n) is 2.93. The number of allylic oxidation sites excluding steroid dienone is 2. The molecule has 1 atom stereocenters. The van der Waals surface area contributed by atoms with Crippen molar-refractivity contribution >= 4 is 23.4 Å². The van der Waals surface area contributed by atoms with E-state index in [0.717, 1.165) is 25.8 Å². The van der Waals surface area contributed by atoms with Crippen LogP contribution in [0.3, 0.4) is 0 Å². The number of carbonyl (C=O) groups excluding carboxylic acids is 3. The molecule has 0 bridgehead atoms. The lowest BCUT2D eigenvalue weighted by atomic mass is 9.95. The first kappa shape index (κ1) is 21.8. The van der Waals surface area contributed by atoms with Crippen LogP contribution in [0.15, 0.2) is 54.4 Å². The van der Waals surface area contributed by atoms with E-state index in [1.807, 2.05) is 0 Å². The third kappa shape index (κ3) is 5.74. The minimum Gasteiger partial charge on any atom is -0.505 e. The van der Waals surface area contributed by atoms with Crippen LogP contribution in [0.25, 0.3) is 0 Å². The molecule has 0 saturated carbocycles. The lowest BCUT2D eigenvalue weighted by Gasteiger charge is -2.35. The van der Waals surface area contributed by atoms with Crippen molar-refractivity contribution in [3.8, 4) is 0 Å². The molecule has 9 heteroatoms. The topological polar surface area (TPSA) is 126 Å². The number of anilines is 1. The maximum atomic E-state index is 13.0. The Kier molecular flexibility index (Phi) is 7.24. The van der Waals surface area contributed by atoms with E-state index >= 15 is 0 Å². The Morgan fingerprint density at radius 3 is 2.72 bits per heavy atom. The normalized spacial score (nSPS) is 17.6. The van der Waals surface area contributed by atoms with Gasteiger partial charge in [0.15, 0.2) is 0 Å². The highest BCUT2D eigenvalue weighted by Crippen LogP contribution is 2.24. The van der Waals surface area contributed by atoms with E-state index in [9.17, 15) is 23.9 Å². The van der Waals surface area contributed by atoms with E-state index in [0.29, 0.717) is 18.5 Å². The number of nitrogens with zero attached hydrogens (tertiary/aromatic N) is 2. The first-order chi connectivity index (χ1) is 13.7. The van der Waals surface area contributed by atoms with Gasteiger partial charge in [0.2, 0.25) is 5.91 Å². The summed E-state index contributed by atoms with van der Waals surface area (Å²) in [6, 6.07) is 0.866. The van der Waals surface area contributed by atoms with E-state index < -0.39 is 35.3 Å². The van der Waals surface area contributed by atoms with Crippen molar-refractivity contribution in [1.82, 2.24) is 9.88 Å². The molecule has 2 rings (SSSR count). The predicted octanol–water partition coefficient (Wildman–Crippen LogP) is 2.37. The number of nitrogens with one attached hydrogen (secondary N) is 1. The second-order valence-electron chi connectivity index (χ2n) is 6.62. The Hall–Kier alpha value is -3.49. The number of nitrogens with two attached hydrogens (primary N) is 1. The van der Waals surface area contributed by atoms with Gasteiger partial charge in [0.05, 0.1) is 23.5 Å². The average molecular weight is 402 g/mol. The van der Waals surface area contributed by atoms with E-state index in [-0.39, 0.29) is 11.3 Å². The van der Waals surface area contributed by atoms with Gasteiger partial charge in [0.1, 0.15) is 11.6 Å². The number of carbonyl (C=O) groups is 3. The van der Waals surface area contributed by atoms with Crippen LogP contribution in [0.5, 0.6) is 0 Å². The summed E-state index contributed by atoms with van der Waals surface area (Å²) >= 11 is 0. The van der Waals surface area contributed by atoms with Crippen molar-refractivity contribution in [1.29, 1.82) is 0 Å². The zero-order valence-corrected chi connectivity index (χ0v) is 16.0. The molecule has 0 aliphatic carbocycles. The summed E-state index contributed by atoms with van der Waals surface area (Å²) in [4.78, 5) is 41.5. The predicted molar refractivity (Wildman–Crippen MR) is 105 cm³/mol. The highest BCUT2D eigenvalue weighted by Gasteiger charge is 2.31. The summed E-state index contributed by atoms with van der Waals surface area (Å²) in [5.74, 6) is -3.63. The number of primary amides is 1. The van der Waals surface area contributed by atoms with Gasteiger partial charge in [-0.1, -0.05) is 12.7 Å². The molecule has 1 aromatic rings. The number of aromatic nitrogens is 1. The SMILES string of the molecule is C=C(/C=C\C(O)=C(/C)F)[C@@H]1CCCCN1C(=O)C(=O)Nc1cncc(C(N)=O)c1. The van der Waals surface area contributed by atoms with Gasteiger partial charge in [-0.2, -0.15) is 0 Å². The molecule has 1 aliphatic heterocycles. The first-order valence-electron chi connectivity index (χ1n) is 8.99. The lowest BCUT2D eigenvalue weighted by Crippen LogP contribution is -2.48. The number of halogens is 1. The quantitative estimate of drug-likeness (QED) is 0.396. The van der Waals surface area contributed by atoms with E-state index in [1.165, 1.54) is 29.4 Å². The van der Waals surface area contributed by atoms with Crippen molar-refractivity contribution in [3.63, 3.8) is 0 Å². The fraction of sp³-hybridized carbons (Fsp3) is 0.300. The maximum absolute atomic E-state index is 13.0. The van der Waals surface area contributed by atoms with Gasteiger partial charge in [-0.3, -0.25) is 19.4 Å². The maximum Gasteiger partial charge on any atom is 0.313 e. The summed E-state index contributed by atoms with van der Waals surface area (Å²) in [5.41, 5.74) is 5.92. The number of likely N-dealkylation sites (tertiary alicyclic amines) is 1. The second-order valence-corrected chi connectivity index (χ2v) is 6.62. The molecule has 2 heterocycles. The second kappa shape index (κ2) is 9.63. The monoisotopic (exact) mass is 402 g/mol. The largest absolute Gasteiger partial charge is 0.505 e. The fourth-order valence-corrected chi connectivity index (χ4v) is 2.93. The van der Waals surface area contributed by atoms with Gasteiger partial charge in [0.25, 0.3) is 0 Å². The number of hydrogen-bond acceptors (Lipinski definition) is 5. The van der Waals surface area contributed by atoms with Gasteiger partial charge >= 0.3 is 11.8 Å². The lowest BCUT2D eigenvalue weighted by molar-refractivity contribution is -0.145. The first-order valence-corrected chi connectivity index (χ1v) is 8.99. The van der Waals surface area contributed by atoms with Crippen molar-refractivity contribution in [2.45, 2.75) is 32.2 Å². The summed E-state index contributed by atoms with van der Waals surface area (Å²) < 4.78 is 13.0. The summed E-state index contributed by atoms with van der Waals surface area (Å²) in [7, 11) is 0. The molecule has 0 aromatic carbocycles. The third-order valence-electron chi connectivity index (χ3n) is 4.47. The summed E-state index contributed by atoms with van der Waals surface area (Å²) in [6.45, 7) is 5.36. The van der Waals surface area contributed by atoms with E-state index in [1.54, 1.807) is 0 Å². The Labute approximate surface area is 167 Å². The molecule has 29 heavy (non-hydrogen) atoms. The number of piperidine rings is 1. The molecular formula is C20H23FN4O4. The van der Waals surface area contributed by atoms with Crippen LogP contribution in [0.4, 0.5) is 10.1 Å². The molecule has 1 saturated heterocycles. The van der Waals surface area contributed by atoms with Gasteiger partial charge < -0.3 is 21.1 Å². The smallest absolute Gasteiger partial charge is 0.313 e. The van der Waals surface area contributed by atoms with Crippen LogP contribution in [-0.4, -0.2) is 45.3 Å². The van der Waals surface area contributed by atoms with E-state index in [4.69, 9.17) is 5.73 Å². The van der Waals surface area contributed by atoms with Crippen LogP contribution in [0, 0.1) is 0 Å². The number of hydrogen-bond donors (Lipinski definition) is 3. The number of aliphatic hydroxyl groups is 1. The standard InChI is InChI=1S/C20H23FN4O4/c1-12(6-7-17(26)13(2)21)16-5-3-4-8-25(16)20(29)19(28)24-15-9-14(18(22)27)10-23-11-15/h6-7,9-11,16,26H,1,3-5,8H2,2H3,(H2,22,27)(H,24,28)/b7-6-,17-13-/t16-/m0/s1. The van der Waals surface area contributed by atoms with Crippen LogP contribution >= 0.6 is 0 Å². The Balaban J connectivity index is 2.13. The Bertz CT molecular complexity index is 890. The van der Waals surface area contributed by atoms with Gasteiger partial charge in [0, 0.05) is 12.7 Å². The number of amides is 3. The molecule has 3 amide bonds. The minimum atomic E-state index is -0.889.